The van der Waals surface area contributed by atoms with Gasteiger partial charge in [0, 0.05) is 12.6 Å². The number of hydrogen-bond acceptors (Lipinski definition) is 5. The van der Waals surface area contributed by atoms with E-state index in [9.17, 15) is 24.0 Å². The number of amides is 6. The van der Waals surface area contributed by atoms with E-state index in [1.807, 2.05) is 13.8 Å². The minimum Gasteiger partial charge on any atom is -0.355 e. The molecule has 1 saturated carbocycles. The summed E-state index contributed by atoms with van der Waals surface area (Å²) in [4.78, 5) is 62.0. The molecule has 144 valence electrons. The molecule has 0 bridgehead atoms. The summed E-state index contributed by atoms with van der Waals surface area (Å²) in [6.45, 7) is 3.55. The third-order valence-electron chi connectivity index (χ3n) is 4.80. The van der Waals surface area contributed by atoms with Crippen molar-refractivity contribution < 1.29 is 24.0 Å². The molecule has 2 atom stereocenters. The Morgan fingerprint density at radius 1 is 1.04 bits per heavy atom. The van der Waals surface area contributed by atoms with Gasteiger partial charge < -0.3 is 10.6 Å². The van der Waals surface area contributed by atoms with Crippen molar-refractivity contribution in [2.45, 2.75) is 52.0 Å². The molecule has 2 rings (SSSR count). The van der Waals surface area contributed by atoms with Gasteiger partial charge in [0.1, 0.15) is 6.54 Å². The molecule has 6 amide bonds. The number of imide groups is 2. The number of hydrogen-bond donors (Lipinski definition) is 2. The van der Waals surface area contributed by atoms with Gasteiger partial charge in [0.15, 0.2) is 0 Å². The minimum atomic E-state index is -0.988. The lowest BCUT2D eigenvalue weighted by Crippen LogP contribution is -2.47. The van der Waals surface area contributed by atoms with E-state index in [0.29, 0.717) is 17.9 Å². The molecule has 2 fully saturated rings. The van der Waals surface area contributed by atoms with E-state index in [1.54, 1.807) is 0 Å². The van der Waals surface area contributed by atoms with Gasteiger partial charge in [-0.3, -0.25) is 24.1 Å². The maximum absolute atomic E-state index is 12.5. The van der Waals surface area contributed by atoms with E-state index < -0.39 is 30.3 Å². The van der Waals surface area contributed by atoms with Crippen molar-refractivity contribution >= 4 is 29.7 Å². The average Bonchev–Trinajstić information content (AvgIpc) is 2.82. The molecule has 9 heteroatoms. The van der Waals surface area contributed by atoms with Crippen LogP contribution in [0.5, 0.6) is 0 Å². The summed E-state index contributed by atoms with van der Waals surface area (Å²) in [6, 6.07) is -1.05. The Bertz CT molecular complexity index is 606. The summed E-state index contributed by atoms with van der Waals surface area (Å²) in [5, 5.41) is 4.95. The lowest BCUT2D eigenvalue weighted by atomic mass is 9.85. The van der Waals surface area contributed by atoms with E-state index in [0.717, 1.165) is 30.6 Å². The highest BCUT2D eigenvalue weighted by Crippen LogP contribution is 2.31. The average molecular weight is 366 g/mol. The Morgan fingerprint density at radius 2 is 1.73 bits per heavy atom. The van der Waals surface area contributed by atoms with Gasteiger partial charge >= 0.3 is 17.8 Å². The predicted molar refractivity (Wildman–Crippen MR) is 91.7 cm³/mol. The fraction of sp³-hybridized carbons (Fsp3) is 0.706. The molecular formula is C17H26N4O5. The van der Waals surface area contributed by atoms with Crippen molar-refractivity contribution in [2.75, 3.05) is 19.6 Å². The zero-order valence-corrected chi connectivity index (χ0v) is 15.2. The molecule has 2 aliphatic rings. The van der Waals surface area contributed by atoms with Gasteiger partial charge in [-0.2, -0.15) is 0 Å². The first-order chi connectivity index (χ1) is 12.4. The minimum absolute atomic E-state index is 0.125. The molecular weight excluding hydrogens is 340 g/mol. The van der Waals surface area contributed by atoms with E-state index in [4.69, 9.17) is 0 Å². The summed E-state index contributed by atoms with van der Waals surface area (Å²) >= 11 is 0. The van der Waals surface area contributed by atoms with Gasteiger partial charge in [0.25, 0.3) is 0 Å². The zero-order valence-electron chi connectivity index (χ0n) is 15.2. The first-order valence-corrected chi connectivity index (χ1v) is 9.09. The first kappa shape index (κ1) is 19.9. The lowest BCUT2D eigenvalue weighted by molar-refractivity contribution is -0.145. The van der Waals surface area contributed by atoms with Crippen LogP contribution >= 0.6 is 0 Å². The number of urea groups is 1. The summed E-state index contributed by atoms with van der Waals surface area (Å²) in [5.74, 6) is -2.75. The van der Waals surface area contributed by atoms with E-state index in [1.165, 1.54) is 0 Å². The Labute approximate surface area is 152 Å². The standard InChI is InChI=1S/C17H26N4O5/c1-3-8-18-13(22)9-19-14(23)10-20-15(24)16(25)21(17(20)26)12-7-5-4-6-11(12)2/h11-12H,3-10H2,1-2H3,(H,18,22)(H,19,23)/t11-,12+/m1/s1. The van der Waals surface area contributed by atoms with Crippen LogP contribution in [0.1, 0.15) is 46.0 Å². The SMILES string of the molecule is CCCNC(=O)CNC(=O)CN1C(=O)C(=O)N([C@H]2CCCC[C@H]2C)C1=O. The first-order valence-electron chi connectivity index (χ1n) is 9.09. The van der Waals surface area contributed by atoms with Crippen molar-refractivity contribution in [3.63, 3.8) is 0 Å². The topological polar surface area (TPSA) is 116 Å². The zero-order chi connectivity index (χ0) is 19.3. The molecule has 0 aromatic carbocycles. The van der Waals surface area contributed by atoms with Crippen LogP contribution in [-0.2, 0) is 19.2 Å². The molecule has 26 heavy (non-hydrogen) atoms. The molecule has 0 aromatic heterocycles. The van der Waals surface area contributed by atoms with E-state index >= 15 is 0 Å². The number of carbonyl (C=O) groups excluding carboxylic acids is 5. The number of nitrogens with one attached hydrogen (secondary N) is 2. The molecule has 1 aliphatic carbocycles. The molecule has 1 heterocycles. The molecule has 0 spiro atoms. The third-order valence-corrected chi connectivity index (χ3v) is 4.80. The molecule has 0 aromatic rings. The van der Waals surface area contributed by atoms with Crippen LogP contribution in [0.15, 0.2) is 0 Å². The van der Waals surface area contributed by atoms with Crippen LogP contribution in [0.4, 0.5) is 4.79 Å². The van der Waals surface area contributed by atoms with Crippen LogP contribution in [0.2, 0.25) is 0 Å². The second-order valence-electron chi connectivity index (χ2n) is 6.80. The monoisotopic (exact) mass is 366 g/mol. The van der Waals surface area contributed by atoms with Crippen LogP contribution < -0.4 is 10.6 Å². The van der Waals surface area contributed by atoms with Crippen molar-refractivity contribution in [3.8, 4) is 0 Å². The van der Waals surface area contributed by atoms with Crippen molar-refractivity contribution in [3.05, 3.63) is 0 Å². The van der Waals surface area contributed by atoms with Gasteiger partial charge in [0.05, 0.1) is 6.54 Å². The second kappa shape index (κ2) is 8.77. The molecule has 0 unspecified atom stereocenters. The number of rotatable bonds is 7. The predicted octanol–water partition coefficient (Wildman–Crippen LogP) is -0.00170. The maximum atomic E-state index is 12.5. The normalized spacial score (nSPS) is 23.4. The van der Waals surface area contributed by atoms with Gasteiger partial charge in [-0.05, 0) is 25.2 Å². The highest BCUT2D eigenvalue weighted by Gasteiger charge is 2.49. The summed E-state index contributed by atoms with van der Waals surface area (Å²) in [6.07, 6.45) is 4.27. The highest BCUT2D eigenvalue weighted by molar-refractivity contribution is 6.45. The van der Waals surface area contributed by atoms with Crippen molar-refractivity contribution in [1.29, 1.82) is 0 Å². The Hall–Kier alpha value is -2.45. The summed E-state index contributed by atoms with van der Waals surface area (Å²) < 4.78 is 0. The smallest absolute Gasteiger partial charge is 0.334 e. The third kappa shape index (κ3) is 4.39. The summed E-state index contributed by atoms with van der Waals surface area (Å²) in [5.41, 5.74) is 0. The van der Waals surface area contributed by atoms with Gasteiger partial charge in [-0.15, -0.1) is 0 Å². The molecule has 1 saturated heterocycles. The second-order valence-corrected chi connectivity index (χ2v) is 6.80. The van der Waals surface area contributed by atoms with Crippen molar-refractivity contribution in [2.24, 2.45) is 5.92 Å². The van der Waals surface area contributed by atoms with E-state index in [-0.39, 0.29) is 24.4 Å². The van der Waals surface area contributed by atoms with E-state index in [2.05, 4.69) is 10.6 Å². The number of nitrogens with zero attached hydrogens (tertiary/aromatic N) is 2. The highest BCUT2D eigenvalue weighted by atomic mass is 16.2. The van der Waals surface area contributed by atoms with Crippen molar-refractivity contribution in [1.82, 2.24) is 20.4 Å². The van der Waals surface area contributed by atoms with Gasteiger partial charge in [-0.1, -0.05) is 26.7 Å². The van der Waals surface area contributed by atoms with Crippen LogP contribution in [0.25, 0.3) is 0 Å². The Balaban J connectivity index is 1.94. The van der Waals surface area contributed by atoms with Gasteiger partial charge in [-0.25, -0.2) is 9.69 Å². The molecule has 1 aliphatic heterocycles. The fourth-order valence-electron chi connectivity index (χ4n) is 3.34. The Kier molecular flexibility index (Phi) is 6.70. The largest absolute Gasteiger partial charge is 0.355 e. The quantitative estimate of drug-likeness (QED) is 0.486. The lowest BCUT2D eigenvalue weighted by Gasteiger charge is -2.34. The maximum Gasteiger partial charge on any atom is 0.334 e. The molecule has 2 N–H and O–H groups in total. The fourth-order valence-corrected chi connectivity index (χ4v) is 3.34. The van der Waals surface area contributed by atoms with Crippen LogP contribution in [-0.4, -0.2) is 65.1 Å². The van der Waals surface area contributed by atoms with Gasteiger partial charge in [0.2, 0.25) is 11.8 Å². The molecule has 0 radical (unpaired) electrons. The molecule has 9 nitrogen and oxygen atoms in total. The number of carbonyl (C=O) groups is 5. The van der Waals surface area contributed by atoms with Crippen LogP contribution in [0.3, 0.4) is 0 Å². The van der Waals surface area contributed by atoms with Crippen LogP contribution in [0, 0.1) is 5.92 Å². The summed E-state index contributed by atoms with van der Waals surface area (Å²) in [7, 11) is 0. The Morgan fingerprint density at radius 3 is 2.38 bits per heavy atom.